The fraction of sp³-hybridized carbons (Fsp3) is 0.375. The first kappa shape index (κ1) is 16.0. The Morgan fingerprint density at radius 3 is 2.77 bits per heavy atom. The number of carbonyl (C=O) groups excluding carboxylic acids is 2. The van der Waals surface area contributed by atoms with Crippen molar-refractivity contribution in [1.82, 2.24) is 15.5 Å². The minimum Gasteiger partial charge on any atom is -0.508 e. The van der Waals surface area contributed by atoms with Gasteiger partial charge in [-0.1, -0.05) is 18.2 Å². The van der Waals surface area contributed by atoms with Crippen LogP contribution in [0.4, 0.5) is 4.79 Å². The summed E-state index contributed by atoms with van der Waals surface area (Å²) < 4.78 is 0. The highest BCUT2D eigenvalue weighted by Crippen LogP contribution is 2.32. The minimum absolute atomic E-state index is 0.141. The number of carbonyl (C=O) groups is 2. The number of imide groups is 1. The molecule has 0 unspecified atom stereocenters. The summed E-state index contributed by atoms with van der Waals surface area (Å²) in [6.07, 6.45) is 3.51. The molecule has 0 spiro atoms. The van der Waals surface area contributed by atoms with Crippen LogP contribution in [-0.4, -0.2) is 41.6 Å². The SMILES string of the molecule is C=CCNC(=O)NC(=O)CN1CCC[C@H]1c1ccc(O)cc1. The molecule has 1 aliphatic heterocycles. The molecule has 3 N–H and O–H groups in total. The Kier molecular flexibility index (Phi) is 5.55. The lowest BCUT2D eigenvalue weighted by Crippen LogP contribution is -2.44. The molecule has 6 heteroatoms. The molecule has 0 radical (unpaired) electrons. The number of aromatic hydroxyl groups is 1. The predicted octanol–water partition coefficient (Wildman–Crippen LogP) is 1.54. The van der Waals surface area contributed by atoms with E-state index in [1.54, 1.807) is 18.2 Å². The Bertz CT molecular complexity index is 542. The van der Waals surface area contributed by atoms with E-state index in [0.29, 0.717) is 6.54 Å². The molecule has 0 aliphatic carbocycles. The molecule has 0 saturated carbocycles. The van der Waals surface area contributed by atoms with Gasteiger partial charge in [0, 0.05) is 12.6 Å². The van der Waals surface area contributed by atoms with Gasteiger partial charge in [0.2, 0.25) is 5.91 Å². The third-order valence-electron chi connectivity index (χ3n) is 3.65. The molecular formula is C16H21N3O3. The summed E-state index contributed by atoms with van der Waals surface area (Å²) in [6, 6.07) is 6.66. The second-order valence-corrected chi connectivity index (χ2v) is 5.27. The largest absolute Gasteiger partial charge is 0.508 e. The van der Waals surface area contributed by atoms with E-state index in [1.807, 2.05) is 17.0 Å². The van der Waals surface area contributed by atoms with Crippen LogP contribution in [0, 0.1) is 0 Å². The van der Waals surface area contributed by atoms with Crippen molar-refractivity contribution >= 4 is 11.9 Å². The molecule has 1 aromatic carbocycles. The highest BCUT2D eigenvalue weighted by Gasteiger charge is 2.27. The van der Waals surface area contributed by atoms with Crippen LogP contribution in [0.1, 0.15) is 24.4 Å². The zero-order valence-electron chi connectivity index (χ0n) is 12.4. The molecule has 2 rings (SSSR count). The van der Waals surface area contributed by atoms with Gasteiger partial charge in [0.05, 0.1) is 6.54 Å². The molecule has 0 bridgehead atoms. The average Bonchev–Trinajstić information content (AvgIpc) is 2.93. The van der Waals surface area contributed by atoms with Gasteiger partial charge in [0.15, 0.2) is 0 Å². The predicted molar refractivity (Wildman–Crippen MR) is 83.4 cm³/mol. The van der Waals surface area contributed by atoms with Crippen LogP contribution in [0.25, 0.3) is 0 Å². The third kappa shape index (κ3) is 4.33. The molecule has 1 saturated heterocycles. The Morgan fingerprint density at radius 1 is 1.36 bits per heavy atom. The van der Waals surface area contributed by atoms with Crippen molar-refractivity contribution in [3.05, 3.63) is 42.5 Å². The van der Waals surface area contributed by atoms with Crippen LogP contribution in [0.2, 0.25) is 0 Å². The molecule has 1 aliphatic rings. The van der Waals surface area contributed by atoms with E-state index in [9.17, 15) is 14.7 Å². The van der Waals surface area contributed by atoms with Gasteiger partial charge < -0.3 is 10.4 Å². The van der Waals surface area contributed by atoms with Gasteiger partial charge in [-0.25, -0.2) is 4.79 Å². The number of urea groups is 1. The zero-order valence-corrected chi connectivity index (χ0v) is 12.4. The summed E-state index contributed by atoms with van der Waals surface area (Å²) in [7, 11) is 0. The minimum atomic E-state index is -0.509. The molecule has 6 nitrogen and oxygen atoms in total. The van der Waals surface area contributed by atoms with Crippen molar-refractivity contribution in [3.8, 4) is 5.75 Å². The summed E-state index contributed by atoms with van der Waals surface area (Å²) >= 11 is 0. The van der Waals surface area contributed by atoms with Crippen molar-refractivity contribution in [2.24, 2.45) is 0 Å². The number of hydrogen-bond acceptors (Lipinski definition) is 4. The number of phenols is 1. The van der Waals surface area contributed by atoms with Crippen LogP contribution < -0.4 is 10.6 Å². The second-order valence-electron chi connectivity index (χ2n) is 5.27. The van der Waals surface area contributed by atoms with Crippen molar-refractivity contribution in [2.45, 2.75) is 18.9 Å². The number of amides is 3. The number of likely N-dealkylation sites (tertiary alicyclic amines) is 1. The topological polar surface area (TPSA) is 81.7 Å². The molecule has 118 valence electrons. The fourth-order valence-corrected chi connectivity index (χ4v) is 2.65. The zero-order chi connectivity index (χ0) is 15.9. The highest BCUT2D eigenvalue weighted by atomic mass is 16.3. The van der Waals surface area contributed by atoms with Crippen molar-refractivity contribution < 1.29 is 14.7 Å². The molecule has 1 atom stereocenters. The number of nitrogens with one attached hydrogen (secondary N) is 2. The first-order valence-corrected chi connectivity index (χ1v) is 7.31. The van der Waals surface area contributed by atoms with Gasteiger partial charge in [-0.05, 0) is 37.1 Å². The average molecular weight is 303 g/mol. The van der Waals surface area contributed by atoms with Crippen LogP contribution >= 0.6 is 0 Å². The van der Waals surface area contributed by atoms with Crippen LogP contribution in [0.5, 0.6) is 5.75 Å². The van der Waals surface area contributed by atoms with Crippen LogP contribution in [-0.2, 0) is 4.79 Å². The standard InChI is InChI=1S/C16H21N3O3/c1-2-9-17-16(22)18-15(21)11-19-10-3-4-14(19)12-5-7-13(20)8-6-12/h2,5-8,14,20H,1,3-4,9-11H2,(H2,17,18,21,22)/t14-/m0/s1. The van der Waals surface area contributed by atoms with Crippen molar-refractivity contribution in [2.75, 3.05) is 19.6 Å². The fourth-order valence-electron chi connectivity index (χ4n) is 2.65. The van der Waals surface area contributed by atoms with E-state index in [2.05, 4.69) is 17.2 Å². The van der Waals surface area contributed by atoms with Gasteiger partial charge in [-0.15, -0.1) is 6.58 Å². The van der Waals surface area contributed by atoms with E-state index in [-0.39, 0.29) is 24.2 Å². The monoisotopic (exact) mass is 303 g/mol. The van der Waals surface area contributed by atoms with Gasteiger partial charge in [0.1, 0.15) is 5.75 Å². The van der Waals surface area contributed by atoms with E-state index in [1.165, 1.54) is 0 Å². The lowest BCUT2D eigenvalue weighted by molar-refractivity contribution is -0.121. The lowest BCUT2D eigenvalue weighted by Gasteiger charge is -2.24. The van der Waals surface area contributed by atoms with E-state index >= 15 is 0 Å². The number of rotatable bonds is 5. The van der Waals surface area contributed by atoms with E-state index in [4.69, 9.17) is 0 Å². The second kappa shape index (κ2) is 7.61. The molecule has 1 fully saturated rings. The van der Waals surface area contributed by atoms with Crippen molar-refractivity contribution in [1.29, 1.82) is 0 Å². The molecule has 1 heterocycles. The molecular weight excluding hydrogens is 282 g/mol. The van der Waals surface area contributed by atoms with Crippen LogP contribution in [0.15, 0.2) is 36.9 Å². The highest BCUT2D eigenvalue weighted by molar-refractivity contribution is 5.95. The number of hydrogen-bond donors (Lipinski definition) is 3. The number of nitrogens with zero attached hydrogens (tertiary/aromatic N) is 1. The summed E-state index contributed by atoms with van der Waals surface area (Å²) in [5.41, 5.74) is 1.07. The van der Waals surface area contributed by atoms with Gasteiger partial charge in [-0.3, -0.25) is 15.0 Å². The smallest absolute Gasteiger partial charge is 0.321 e. The molecule has 3 amide bonds. The van der Waals surface area contributed by atoms with Gasteiger partial charge in [0.25, 0.3) is 0 Å². The summed E-state index contributed by atoms with van der Waals surface area (Å²) in [4.78, 5) is 25.4. The summed E-state index contributed by atoms with van der Waals surface area (Å²) in [5, 5.41) is 14.2. The number of benzene rings is 1. The van der Waals surface area contributed by atoms with Crippen molar-refractivity contribution in [3.63, 3.8) is 0 Å². The Hall–Kier alpha value is -2.34. The molecule has 1 aromatic rings. The quantitative estimate of drug-likeness (QED) is 0.721. The maximum absolute atomic E-state index is 11.9. The Morgan fingerprint density at radius 2 is 2.09 bits per heavy atom. The molecule has 0 aromatic heterocycles. The maximum atomic E-state index is 11.9. The number of phenolic OH excluding ortho intramolecular Hbond substituents is 1. The first-order valence-electron chi connectivity index (χ1n) is 7.31. The summed E-state index contributed by atoms with van der Waals surface area (Å²) in [6.45, 7) is 4.80. The first-order chi connectivity index (χ1) is 10.6. The lowest BCUT2D eigenvalue weighted by atomic mass is 10.0. The Balaban J connectivity index is 1.90. The maximum Gasteiger partial charge on any atom is 0.321 e. The van der Waals surface area contributed by atoms with E-state index in [0.717, 1.165) is 24.9 Å². The van der Waals surface area contributed by atoms with Gasteiger partial charge >= 0.3 is 6.03 Å². The van der Waals surface area contributed by atoms with Gasteiger partial charge in [-0.2, -0.15) is 0 Å². The van der Waals surface area contributed by atoms with Crippen LogP contribution in [0.3, 0.4) is 0 Å². The Labute approximate surface area is 129 Å². The third-order valence-corrected chi connectivity index (χ3v) is 3.65. The van der Waals surface area contributed by atoms with E-state index < -0.39 is 6.03 Å². The summed E-state index contributed by atoms with van der Waals surface area (Å²) in [5.74, 6) is -0.0998. The normalized spacial score (nSPS) is 17.9. The molecule has 22 heavy (non-hydrogen) atoms.